The molecule has 164 valence electrons. The van der Waals surface area contributed by atoms with Gasteiger partial charge in [0, 0.05) is 50.7 Å². The van der Waals surface area contributed by atoms with E-state index in [1.807, 2.05) is 12.1 Å². The van der Waals surface area contributed by atoms with Crippen molar-refractivity contribution in [1.82, 2.24) is 14.6 Å². The minimum atomic E-state index is -3.71. The molecule has 1 N–H and O–H groups in total. The standard InChI is InChI=1S/C22H26N4O4S/c27-21-4-2-14-26(21)19-5-7-20(8-6-19)31(29,30)25-13-1-3-18(16-25)22(28)24-15-17-9-11-23-12-10-17/h5-12,18H,1-4,13-16H2,(H,24,28). The van der Waals surface area contributed by atoms with Crippen molar-refractivity contribution in [3.05, 3.63) is 54.4 Å². The van der Waals surface area contributed by atoms with Gasteiger partial charge in [0.25, 0.3) is 0 Å². The van der Waals surface area contributed by atoms with Gasteiger partial charge in [-0.1, -0.05) is 0 Å². The van der Waals surface area contributed by atoms with Gasteiger partial charge in [-0.05, 0) is 61.2 Å². The second kappa shape index (κ2) is 9.15. The van der Waals surface area contributed by atoms with Crippen molar-refractivity contribution in [2.24, 2.45) is 5.92 Å². The predicted octanol–water partition coefficient (Wildman–Crippen LogP) is 1.93. The number of hydrogen-bond donors (Lipinski definition) is 1. The summed E-state index contributed by atoms with van der Waals surface area (Å²) < 4.78 is 27.7. The van der Waals surface area contributed by atoms with E-state index in [9.17, 15) is 18.0 Å². The Hall–Kier alpha value is -2.78. The molecule has 2 amide bonds. The van der Waals surface area contributed by atoms with Gasteiger partial charge in [0.15, 0.2) is 0 Å². The van der Waals surface area contributed by atoms with Crippen molar-refractivity contribution < 1.29 is 18.0 Å². The van der Waals surface area contributed by atoms with Crippen molar-refractivity contribution in [2.75, 3.05) is 24.5 Å². The molecule has 1 aromatic carbocycles. The molecule has 3 heterocycles. The van der Waals surface area contributed by atoms with Gasteiger partial charge in [0.05, 0.1) is 10.8 Å². The normalized spacial score (nSPS) is 20.1. The number of anilines is 1. The van der Waals surface area contributed by atoms with E-state index in [1.54, 1.807) is 41.6 Å². The number of benzene rings is 1. The SMILES string of the molecule is O=C(NCc1ccncc1)C1CCCN(S(=O)(=O)c2ccc(N3CCCC3=O)cc2)C1. The molecule has 1 atom stereocenters. The van der Waals surface area contributed by atoms with E-state index < -0.39 is 10.0 Å². The van der Waals surface area contributed by atoms with Crippen LogP contribution in [0.3, 0.4) is 0 Å². The summed E-state index contributed by atoms with van der Waals surface area (Å²) in [5, 5.41) is 2.90. The zero-order valence-corrected chi connectivity index (χ0v) is 18.1. The molecule has 2 saturated heterocycles. The molecule has 0 aliphatic carbocycles. The molecule has 1 aromatic heterocycles. The number of pyridine rings is 1. The van der Waals surface area contributed by atoms with Crippen LogP contribution in [-0.2, 0) is 26.2 Å². The molecule has 0 radical (unpaired) electrons. The number of hydrogen-bond acceptors (Lipinski definition) is 5. The molecule has 9 heteroatoms. The summed E-state index contributed by atoms with van der Waals surface area (Å²) in [5.74, 6) is -0.460. The first kappa shape index (κ1) is 21.5. The lowest BCUT2D eigenvalue weighted by molar-refractivity contribution is -0.126. The van der Waals surface area contributed by atoms with Crippen LogP contribution in [0.25, 0.3) is 0 Å². The highest BCUT2D eigenvalue weighted by Crippen LogP contribution is 2.27. The molecular weight excluding hydrogens is 416 g/mol. The number of carbonyl (C=O) groups is 2. The Morgan fingerprint density at radius 3 is 2.48 bits per heavy atom. The summed E-state index contributed by atoms with van der Waals surface area (Å²) in [5.41, 5.74) is 1.66. The molecule has 4 rings (SSSR count). The second-order valence-electron chi connectivity index (χ2n) is 7.92. The van der Waals surface area contributed by atoms with Crippen LogP contribution in [0, 0.1) is 5.92 Å². The maximum absolute atomic E-state index is 13.1. The summed E-state index contributed by atoms with van der Waals surface area (Å²) in [6.07, 6.45) is 5.97. The van der Waals surface area contributed by atoms with Gasteiger partial charge in [0.1, 0.15) is 0 Å². The number of aromatic nitrogens is 1. The van der Waals surface area contributed by atoms with E-state index in [4.69, 9.17) is 0 Å². The minimum Gasteiger partial charge on any atom is -0.352 e. The van der Waals surface area contributed by atoms with Gasteiger partial charge >= 0.3 is 0 Å². The Labute approximate surface area is 182 Å². The number of sulfonamides is 1. The van der Waals surface area contributed by atoms with Gasteiger partial charge in [-0.2, -0.15) is 4.31 Å². The fourth-order valence-electron chi connectivity index (χ4n) is 4.08. The predicted molar refractivity (Wildman–Crippen MR) is 116 cm³/mol. The summed E-state index contributed by atoms with van der Waals surface area (Å²) in [7, 11) is -3.71. The molecule has 31 heavy (non-hydrogen) atoms. The topological polar surface area (TPSA) is 99.7 Å². The van der Waals surface area contributed by atoms with Gasteiger partial charge < -0.3 is 10.2 Å². The first-order valence-corrected chi connectivity index (χ1v) is 12.0. The van der Waals surface area contributed by atoms with Crippen LogP contribution < -0.4 is 10.2 Å². The molecule has 2 aromatic rings. The third kappa shape index (κ3) is 4.77. The highest BCUT2D eigenvalue weighted by Gasteiger charge is 2.33. The van der Waals surface area contributed by atoms with Gasteiger partial charge in [-0.15, -0.1) is 0 Å². The number of amides is 2. The Balaban J connectivity index is 1.40. The Morgan fingerprint density at radius 2 is 1.81 bits per heavy atom. The van der Waals surface area contributed by atoms with Crippen molar-refractivity contribution in [1.29, 1.82) is 0 Å². The average Bonchev–Trinajstić information content (AvgIpc) is 3.24. The number of rotatable bonds is 6. The van der Waals surface area contributed by atoms with E-state index in [0.29, 0.717) is 44.6 Å². The maximum Gasteiger partial charge on any atom is 0.243 e. The molecule has 1 unspecified atom stereocenters. The van der Waals surface area contributed by atoms with Crippen molar-refractivity contribution >= 4 is 27.5 Å². The highest BCUT2D eigenvalue weighted by molar-refractivity contribution is 7.89. The summed E-state index contributed by atoms with van der Waals surface area (Å²) in [6, 6.07) is 10.1. The summed E-state index contributed by atoms with van der Waals surface area (Å²) >= 11 is 0. The first-order valence-electron chi connectivity index (χ1n) is 10.5. The van der Waals surface area contributed by atoms with E-state index in [2.05, 4.69) is 10.3 Å². The molecular formula is C22H26N4O4S. The molecule has 2 aliphatic heterocycles. The fraction of sp³-hybridized carbons (Fsp3) is 0.409. The Kier molecular flexibility index (Phi) is 6.33. The monoisotopic (exact) mass is 442 g/mol. The lowest BCUT2D eigenvalue weighted by Crippen LogP contribution is -2.45. The van der Waals surface area contributed by atoms with E-state index >= 15 is 0 Å². The van der Waals surface area contributed by atoms with Gasteiger partial charge in [-0.25, -0.2) is 8.42 Å². The average molecular weight is 443 g/mol. The molecule has 0 bridgehead atoms. The van der Waals surface area contributed by atoms with Crippen molar-refractivity contribution in [2.45, 2.75) is 37.1 Å². The molecule has 0 spiro atoms. The lowest BCUT2D eigenvalue weighted by Gasteiger charge is -2.31. The Bertz CT molecular complexity index is 1040. The van der Waals surface area contributed by atoms with Crippen molar-refractivity contribution in [3.63, 3.8) is 0 Å². The number of carbonyl (C=O) groups excluding carboxylic acids is 2. The highest BCUT2D eigenvalue weighted by atomic mass is 32.2. The van der Waals surface area contributed by atoms with E-state index in [0.717, 1.165) is 12.0 Å². The van der Waals surface area contributed by atoms with E-state index in [1.165, 1.54) is 4.31 Å². The van der Waals surface area contributed by atoms with Crippen molar-refractivity contribution in [3.8, 4) is 0 Å². The second-order valence-corrected chi connectivity index (χ2v) is 9.86. The maximum atomic E-state index is 13.1. The zero-order valence-electron chi connectivity index (χ0n) is 17.2. The van der Waals surface area contributed by atoms with Crippen LogP contribution in [0.2, 0.25) is 0 Å². The first-order chi connectivity index (χ1) is 14.9. The number of piperidine rings is 1. The molecule has 2 fully saturated rings. The summed E-state index contributed by atoms with van der Waals surface area (Å²) in [6.45, 7) is 1.61. The molecule has 8 nitrogen and oxygen atoms in total. The number of nitrogens with one attached hydrogen (secondary N) is 1. The van der Waals surface area contributed by atoms with Crippen LogP contribution >= 0.6 is 0 Å². The van der Waals surface area contributed by atoms with Crippen LogP contribution in [0.5, 0.6) is 0 Å². The quantitative estimate of drug-likeness (QED) is 0.737. The molecule has 0 saturated carbocycles. The number of nitrogens with zero attached hydrogens (tertiary/aromatic N) is 3. The van der Waals surface area contributed by atoms with Crippen LogP contribution in [0.1, 0.15) is 31.2 Å². The third-order valence-electron chi connectivity index (χ3n) is 5.83. The smallest absolute Gasteiger partial charge is 0.243 e. The van der Waals surface area contributed by atoms with Crippen LogP contribution in [0.15, 0.2) is 53.7 Å². The van der Waals surface area contributed by atoms with Crippen LogP contribution in [0.4, 0.5) is 5.69 Å². The van der Waals surface area contributed by atoms with Gasteiger partial charge in [-0.3, -0.25) is 14.6 Å². The summed E-state index contributed by atoms with van der Waals surface area (Å²) in [4.78, 5) is 30.3. The molecule has 2 aliphatic rings. The van der Waals surface area contributed by atoms with Gasteiger partial charge in [0.2, 0.25) is 21.8 Å². The fourth-order valence-corrected chi connectivity index (χ4v) is 5.60. The minimum absolute atomic E-state index is 0.0623. The zero-order chi connectivity index (χ0) is 21.8. The Morgan fingerprint density at radius 1 is 1.06 bits per heavy atom. The lowest BCUT2D eigenvalue weighted by atomic mass is 9.99. The van der Waals surface area contributed by atoms with E-state index in [-0.39, 0.29) is 29.2 Å². The van der Waals surface area contributed by atoms with Crippen LogP contribution in [-0.4, -0.2) is 49.2 Å². The third-order valence-corrected chi connectivity index (χ3v) is 7.71. The largest absolute Gasteiger partial charge is 0.352 e.